The second kappa shape index (κ2) is 12.2. The quantitative estimate of drug-likeness (QED) is 0.147. The first kappa shape index (κ1) is 29.5. The van der Waals surface area contributed by atoms with E-state index in [9.17, 15) is 50.8 Å². The lowest BCUT2D eigenvalue weighted by Gasteiger charge is -2.48. The molecule has 0 aromatic carbocycles. The third-order valence-corrected chi connectivity index (χ3v) is 6.46. The number of aliphatic hydroxyl groups is 9. The topological polar surface area (TPSA) is 257 Å². The van der Waals surface area contributed by atoms with Crippen molar-refractivity contribution in [1.82, 2.24) is 5.32 Å². The number of carbonyl (C=O) groups excluding carboxylic acids is 1. The Morgan fingerprint density at radius 1 is 0.722 bits per heavy atom. The van der Waals surface area contributed by atoms with Crippen molar-refractivity contribution in [3.05, 3.63) is 0 Å². The van der Waals surface area contributed by atoms with E-state index < -0.39 is 111 Å². The second-order valence-electron chi connectivity index (χ2n) is 9.05. The smallest absolute Gasteiger partial charge is 0.217 e. The van der Waals surface area contributed by atoms with Gasteiger partial charge in [0, 0.05) is 6.92 Å². The van der Waals surface area contributed by atoms with E-state index >= 15 is 0 Å². The van der Waals surface area contributed by atoms with Gasteiger partial charge >= 0.3 is 0 Å². The average Bonchev–Trinajstić information content (AvgIpc) is 2.83. The summed E-state index contributed by atoms with van der Waals surface area (Å²) in [4.78, 5) is 11.5. The first-order valence-electron chi connectivity index (χ1n) is 11.4. The number of aliphatic hydroxyl groups excluding tert-OH is 9. The number of rotatable bonds is 7. The Labute approximate surface area is 205 Å². The van der Waals surface area contributed by atoms with Crippen molar-refractivity contribution in [3.63, 3.8) is 0 Å². The van der Waals surface area contributed by atoms with Gasteiger partial charge in [0.15, 0.2) is 18.9 Å². The Hall–Kier alpha value is -1.09. The molecular weight excluding hydrogens is 494 g/mol. The molecule has 16 nitrogen and oxygen atoms in total. The number of nitrogens with one attached hydrogen (secondary N) is 1. The van der Waals surface area contributed by atoms with Crippen LogP contribution in [0.15, 0.2) is 0 Å². The monoisotopic (exact) mass is 529 g/mol. The molecule has 3 aliphatic heterocycles. The molecule has 3 aliphatic rings. The van der Waals surface area contributed by atoms with Gasteiger partial charge in [-0.1, -0.05) is 0 Å². The van der Waals surface area contributed by atoms with Crippen LogP contribution in [0.5, 0.6) is 0 Å². The molecule has 0 aromatic heterocycles. The summed E-state index contributed by atoms with van der Waals surface area (Å²) in [6.45, 7) is 1.09. The highest BCUT2D eigenvalue weighted by Gasteiger charge is 2.53. The molecule has 1 unspecified atom stereocenters. The van der Waals surface area contributed by atoms with Crippen LogP contribution in [0, 0.1) is 0 Å². The summed E-state index contributed by atoms with van der Waals surface area (Å²) in [5.74, 6) is -0.596. The summed E-state index contributed by atoms with van der Waals surface area (Å²) in [7, 11) is 0. The zero-order chi connectivity index (χ0) is 26.9. The maximum absolute atomic E-state index is 11.5. The fraction of sp³-hybridized carbons (Fsp3) is 0.950. The minimum atomic E-state index is -1.81. The molecule has 0 radical (unpaired) electrons. The molecule has 0 aromatic rings. The van der Waals surface area contributed by atoms with Gasteiger partial charge in [-0.25, -0.2) is 0 Å². The van der Waals surface area contributed by atoms with E-state index in [2.05, 4.69) is 5.32 Å². The van der Waals surface area contributed by atoms with E-state index in [1.807, 2.05) is 0 Å². The van der Waals surface area contributed by atoms with E-state index in [1.165, 1.54) is 6.92 Å². The SMILES string of the molecule is CC(=O)N[C@H]1C(O)O[C@H](CO)[C@@H](O[C@H]2O[C@@H](C)[C@@H](O)[C@@H](O[C@@H]3O[C@H](CO)[C@H](O)[C@H](O)[C@H]3O)[C@@H]2O)[C@@H]1O. The molecule has 1 amide bonds. The summed E-state index contributed by atoms with van der Waals surface area (Å²) in [6, 6.07) is -1.35. The first-order chi connectivity index (χ1) is 16.9. The molecule has 0 saturated carbocycles. The molecule has 0 spiro atoms. The zero-order valence-electron chi connectivity index (χ0n) is 19.5. The molecule has 3 saturated heterocycles. The first-order valence-corrected chi connectivity index (χ1v) is 11.4. The standard InChI is InChI=1S/C20H35NO15/c1-5-10(25)17(36-19-14(29)13(28)11(26)7(3-22)34-19)15(30)20(32-5)35-16-8(4-23)33-18(31)9(12(16)27)21-6(2)24/h5,7-20,22-23,25-31H,3-4H2,1-2H3,(H,21,24)/t5-,7+,8+,9+,10+,11-,12+,13-,14+,15-,16+,17+,18?,19-,20+/m0/s1. The molecule has 10 N–H and O–H groups in total. The van der Waals surface area contributed by atoms with Gasteiger partial charge in [0.25, 0.3) is 0 Å². The molecule has 3 rings (SSSR count). The second-order valence-corrected chi connectivity index (χ2v) is 9.05. The van der Waals surface area contributed by atoms with Crippen LogP contribution < -0.4 is 5.32 Å². The van der Waals surface area contributed by atoms with Crippen molar-refractivity contribution in [1.29, 1.82) is 0 Å². The molecule has 210 valence electrons. The van der Waals surface area contributed by atoms with Crippen LogP contribution in [0.25, 0.3) is 0 Å². The predicted molar refractivity (Wildman–Crippen MR) is 111 cm³/mol. The molecule has 3 fully saturated rings. The average molecular weight is 529 g/mol. The van der Waals surface area contributed by atoms with Crippen LogP contribution >= 0.6 is 0 Å². The van der Waals surface area contributed by atoms with Gasteiger partial charge in [0.1, 0.15) is 67.1 Å². The van der Waals surface area contributed by atoms with Crippen LogP contribution in [0.3, 0.4) is 0 Å². The van der Waals surface area contributed by atoms with Crippen molar-refractivity contribution in [2.24, 2.45) is 0 Å². The van der Waals surface area contributed by atoms with E-state index in [4.69, 9.17) is 23.7 Å². The Kier molecular flexibility index (Phi) is 9.97. The molecular formula is C20H35NO15. The highest BCUT2D eigenvalue weighted by molar-refractivity contribution is 5.73. The molecule has 16 heteroatoms. The van der Waals surface area contributed by atoms with Gasteiger partial charge in [-0.2, -0.15) is 0 Å². The summed E-state index contributed by atoms with van der Waals surface area (Å²) in [5.41, 5.74) is 0. The molecule has 0 bridgehead atoms. The van der Waals surface area contributed by atoms with E-state index in [0.29, 0.717) is 0 Å². The lowest BCUT2D eigenvalue weighted by atomic mass is 9.95. The van der Waals surface area contributed by atoms with Crippen LogP contribution in [-0.2, 0) is 28.5 Å². The maximum Gasteiger partial charge on any atom is 0.217 e. The predicted octanol–water partition coefficient (Wildman–Crippen LogP) is -6.40. The lowest BCUT2D eigenvalue weighted by molar-refractivity contribution is -0.372. The minimum Gasteiger partial charge on any atom is -0.394 e. The maximum atomic E-state index is 11.5. The van der Waals surface area contributed by atoms with Crippen LogP contribution in [0.1, 0.15) is 13.8 Å². The summed E-state index contributed by atoms with van der Waals surface area (Å²) in [6.07, 6.45) is -21.8. The highest BCUT2D eigenvalue weighted by atomic mass is 16.7. The molecule has 36 heavy (non-hydrogen) atoms. The molecule has 0 aliphatic carbocycles. The van der Waals surface area contributed by atoms with Crippen molar-refractivity contribution in [3.8, 4) is 0 Å². The largest absolute Gasteiger partial charge is 0.394 e. The Morgan fingerprint density at radius 3 is 1.89 bits per heavy atom. The lowest BCUT2D eigenvalue weighted by Crippen LogP contribution is -2.67. The number of hydrogen-bond acceptors (Lipinski definition) is 15. The fourth-order valence-corrected chi connectivity index (χ4v) is 4.40. The van der Waals surface area contributed by atoms with Gasteiger partial charge in [0.2, 0.25) is 5.91 Å². The van der Waals surface area contributed by atoms with E-state index in [0.717, 1.165) is 6.92 Å². The number of hydrogen-bond donors (Lipinski definition) is 10. The number of amides is 1. The van der Waals surface area contributed by atoms with Gasteiger partial charge in [-0.3, -0.25) is 4.79 Å². The highest BCUT2D eigenvalue weighted by Crippen LogP contribution is 2.32. The Bertz CT molecular complexity index is 729. The molecule has 15 atom stereocenters. The minimum absolute atomic E-state index is 0.596. The van der Waals surface area contributed by atoms with Gasteiger partial charge < -0.3 is 75.0 Å². The van der Waals surface area contributed by atoms with Crippen molar-refractivity contribution in [2.75, 3.05) is 13.2 Å². The Morgan fingerprint density at radius 2 is 1.31 bits per heavy atom. The third-order valence-electron chi connectivity index (χ3n) is 6.46. The zero-order valence-corrected chi connectivity index (χ0v) is 19.5. The third kappa shape index (κ3) is 5.97. The van der Waals surface area contributed by atoms with Gasteiger partial charge in [-0.05, 0) is 6.92 Å². The van der Waals surface area contributed by atoms with E-state index in [-0.39, 0.29) is 0 Å². The summed E-state index contributed by atoms with van der Waals surface area (Å²) < 4.78 is 27.2. The Balaban J connectivity index is 1.77. The summed E-state index contributed by atoms with van der Waals surface area (Å²) >= 11 is 0. The van der Waals surface area contributed by atoms with Crippen molar-refractivity contribution in [2.45, 2.75) is 106 Å². The normalized spacial score (nSPS) is 50.0. The number of ether oxygens (including phenoxy) is 5. The van der Waals surface area contributed by atoms with Crippen molar-refractivity contribution < 1.29 is 74.4 Å². The fourth-order valence-electron chi connectivity index (χ4n) is 4.40. The summed E-state index contributed by atoms with van der Waals surface area (Å²) in [5, 5.41) is 93.7. The van der Waals surface area contributed by atoms with Crippen LogP contribution in [0.4, 0.5) is 0 Å². The van der Waals surface area contributed by atoms with Crippen LogP contribution in [0.2, 0.25) is 0 Å². The van der Waals surface area contributed by atoms with Gasteiger partial charge in [0.05, 0.1) is 19.3 Å². The van der Waals surface area contributed by atoms with E-state index in [1.54, 1.807) is 0 Å². The number of carbonyl (C=O) groups is 1. The van der Waals surface area contributed by atoms with Crippen molar-refractivity contribution >= 4 is 5.91 Å². The van der Waals surface area contributed by atoms with Crippen LogP contribution in [-0.4, -0.2) is 157 Å². The van der Waals surface area contributed by atoms with Gasteiger partial charge in [-0.15, -0.1) is 0 Å². The molecule has 3 heterocycles.